The lowest BCUT2D eigenvalue weighted by molar-refractivity contribution is -0.137. The molecule has 5 rings (SSSR count). The maximum Gasteiger partial charge on any atom is 0.303 e. The molecule has 0 fully saturated rings. The van der Waals surface area contributed by atoms with Crippen LogP contribution in [-0.4, -0.2) is 31.5 Å². The van der Waals surface area contributed by atoms with Crippen molar-refractivity contribution in [3.8, 4) is 11.3 Å². The molecule has 6 nitrogen and oxygen atoms in total. The minimum absolute atomic E-state index is 0.112. The van der Waals surface area contributed by atoms with E-state index in [0.29, 0.717) is 40.9 Å². The summed E-state index contributed by atoms with van der Waals surface area (Å²) in [5, 5.41) is 11.6. The predicted molar refractivity (Wildman–Crippen MR) is 137 cm³/mol. The number of aromatic nitrogens is 3. The molecule has 0 bridgehead atoms. The number of carbonyl (C=O) groups is 2. The number of carboxylic acids is 1. The molecule has 1 N–H and O–H groups in total. The average Bonchev–Trinajstić information content (AvgIpc) is 3.30. The standard InChI is InChI=1S/C28H22ClN3O3/c29-22-12-9-18(10-13-22)27-24(7-3-4-8-26(33)34)30-25-15-19(11-14-23(25)31-27)28(35)32-16-20-5-1-2-6-21(20)17-32/h1-2,5-6,9-17H,3-4,7-8H2,(H,33,34). The van der Waals surface area contributed by atoms with Gasteiger partial charge in [-0.25, -0.2) is 9.97 Å². The first-order valence-electron chi connectivity index (χ1n) is 11.4. The number of aliphatic carboxylic acids is 1. The van der Waals surface area contributed by atoms with Crippen LogP contribution in [0.1, 0.15) is 35.3 Å². The Hall–Kier alpha value is -4.03. The van der Waals surface area contributed by atoms with Gasteiger partial charge in [-0.1, -0.05) is 48.0 Å². The molecular formula is C28H22ClN3O3. The van der Waals surface area contributed by atoms with Gasteiger partial charge in [0.1, 0.15) is 0 Å². The van der Waals surface area contributed by atoms with Crippen LogP contribution in [0, 0.1) is 0 Å². The summed E-state index contributed by atoms with van der Waals surface area (Å²) < 4.78 is 1.59. The Morgan fingerprint density at radius 1 is 0.857 bits per heavy atom. The molecule has 3 aromatic carbocycles. The molecule has 0 aliphatic rings. The summed E-state index contributed by atoms with van der Waals surface area (Å²) in [5.74, 6) is -0.956. The molecule has 0 atom stereocenters. The van der Waals surface area contributed by atoms with Crippen LogP contribution in [0.4, 0.5) is 0 Å². The maximum absolute atomic E-state index is 13.2. The number of nitrogens with zero attached hydrogens (tertiary/aromatic N) is 3. The molecular weight excluding hydrogens is 462 g/mol. The van der Waals surface area contributed by atoms with Crippen LogP contribution < -0.4 is 0 Å². The van der Waals surface area contributed by atoms with Crippen LogP contribution in [0.2, 0.25) is 5.02 Å². The fraction of sp³-hybridized carbons (Fsp3) is 0.143. The van der Waals surface area contributed by atoms with Crippen molar-refractivity contribution >= 4 is 45.3 Å². The lowest BCUT2D eigenvalue weighted by Crippen LogP contribution is -2.10. The van der Waals surface area contributed by atoms with E-state index in [4.69, 9.17) is 26.7 Å². The number of rotatable bonds is 7. The van der Waals surface area contributed by atoms with Crippen molar-refractivity contribution in [1.82, 2.24) is 14.5 Å². The van der Waals surface area contributed by atoms with Gasteiger partial charge in [0.2, 0.25) is 0 Å². The fourth-order valence-corrected chi connectivity index (χ4v) is 4.28. The lowest BCUT2D eigenvalue weighted by Gasteiger charge is -2.11. The highest BCUT2D eigenvalue weighted by Gasteiger charge is 2.15. The van der Waals surface area contributed by atoms with Crippen molar-refractivity contribution in [2.75, 3.05) is 0 Å². The summed E-state index contributed by atoms with van der Waals surface area (Å²) >= 11 is 6.06. The van der Waals surface area contributed by atoms with E-state index in [2.05, 4.69) is 0 Å². The van der Waals surface area contributed by atoms with Crippen molar-refractivity contribution in [2.24, 2.45) is 0 Å². The normalized spacial score (nSPS) is 11.2. The summed E-state index contributed by atoms with van der Waals surface area (Å²) in [4.78, 5) is 33.8. The number of carboxylic acid groups (broad SMARTS) is 1. The molecule has 5 aromatic rings. The zero-order chi connectivity index (χ0) is 24.4. The van der Waals surface area contributed by atoms with E-state index in [1.165, 1.54) is 0 Å². The smallest absolute Gasteiger partial charge is 0.303 e. The molecule has 0 amide bonds. The number of halogens is 1. The second-order valence-corrected chi connectivity index (χ2v) is 8.87. The number of fused-ring (bicyclic) bond motifs is 2. The van der Waals surface area contributed by atoms with Crippen molar-refractivity contribution in [3.05, 3.63) is 95.4 Å². The minimum atomic E-state index is -0.812. The van der Waals surface area contributed by atoms with E-state index < -0.39 is 5.97 Å². The predicted octanol–water partition coefficient (Wildman–Crippen LogP) is 6.39. The quantitative estimate of drug-likeness (QED) is 0.271. The van der Waals surface area contributed by atoms with Gasteiger partial charge in [0.25, 0.3) is 5.91 Å². The van der Waals surface area contributed by atoms with Gasteiger partial charge in [-0.3, -0.25) is 14.2 Å². The Bertz CT molecular complexity index is 1520. The van der Waals surface area contributed by atoms with Crippen LogP contribution >= 0.6 is 11.6 Å². The third-order valence-electron chi connectivity index (χ3n) is 5.94. The van der Waals surface area contributed by atoms with Crippen molar-refractivity contribution in [3.63, 3.8) is 0 Å². The highest BCUT2D eigenvalue weighted by Crippen LogP contribution is 2.27. The van der Waals surface area contributed by atoms with Gasteiger partial charge in [0.05, 0.1) is 22.4 Å². The first-order chi connectivity index (χ1) is 17.0. The number of hydrogen-bond acceptors (Lipinski definition) is 4. The van der Waals surface area contributed by atoms with Crippen molar-refractivity contribution in [1.29, 1.82) is 0 Å². The Morgan fingerprint density at radius 2 is 1.57 bits per heavy atom. The molecule has 2 aromatic heterocycles. The highest BCUT2D eigenvalue weighted by atomic mass is 35.5. The molecule has 0 unspecified atom stereocenters. The average molecular weight is 484 g/mol. The third kappa shape index (κ3) is 4.93. The van der Waals surface area contributed by atoms with Crippen LogP contribution in [0.3, 0.4) is 0 Å². The zero-order valence-electron chi connectivity index (χ0n) is 18.8. The first kappa shape index (κ1) is 22.7. The molecule has 0 saturated heterocycles. The Kier molecular flexibility index (Phi) is 6.29. The lowest BCUT2D eigenvalue weighted by atomic mass is 10.0. The second kappa shape index (κ2) is 9.68. The number of unbranched alkanes of at least 4 members (excludes halogenated alkanes) is 1. The highest BCUT2D eigenvalue weighted by molar-refractivity contribution is 6.30. The monoisotopic (exact) mass is 483 g/mol. The van der Waals surface area contributed by atoms with E-state index in [9.17, 15) is 9.59 Å². The topological polar surface area (TPSA) is 85.1 Å². The van der Waals surface area contributed by atoms with Gasteiger partial charge in [-0.05, 0) is 60.4 Å². The van der Waals surface area contributed by atoms with Gasteiger partial charge in [-0.15, -0.1) is 0 Å². The Morgan fingerprint density at radius 3 is 2.26 bits per heavy atom. The zero-order valence-corrected chi connectivity index (χ0v) is 19.6. The molecule has 7 heteroatoms. The fourth-order valence-electron chi connectivity index (χ4n) is 4.16. The van der Waals surface area contributed by atoms with Crippen LogP contribution in [-0.2, 0) is 11.2 Å². The molecule has 0 radical (unpaired) electrons. The summed E-state index contributed by atoms with van der Waals surface area (Å²) in [6.07, 6.45) is 5.56. The van der Waals surface area contributed by atoms with E-state index in [1.54, 1.807) is 28.8 Å². The summed E-state index contributed by atoms with van der Waals surface area (Å²) in [6, 6.07) is 20.6. The third-order valence-corrected chi connectivity index (χ3v) is 6.19. The van der Waals surface area contributed by atoms with Gasteiger partial charge in [0, 0.05) is 35.0 Å². The molecule has 0 aliphatic heterocycles. The van der Waals surface area contributed by atoms with Gasteiger partial charge in [0.15, 0.2) is 0 Å². The number of aryl methyl sites for hydroxylation is 1. The van der Waals surface area contributed by atoms with Crippen LogP contribution in [0.5, 0.6) is 0 Å². The van der Waals surface area contributed by atoms with E-state index in [0.717, 1.165) is 27.7 Å². The van der Waals surface area contributed by atoms with Crippen molar-refractivity contribution < 1.29 is 14.7 Å². The molecule has 2 heterocycles. The molecule has 0 spiro atoms. The summed E-state index contributed by atoms with van der Waals surface area (Å²) in [6.45, 7) is 0. The number of benzene rings is 3. The van der Waals surface area contributed by atoms with Crippen molar-refractivity contribution in [2.45, 2.75) is 25.7 Å². The maximum atomic E-state index is 13.2. The number of carbonyl (C=O) groups excluding carboxylic acids is 1. The van der Waals surface area contributed by atoms with E-state index in [1.807, 2.05) is 54.9 Å². The van der Waals surface area contributed by atoms with Crippen LogP contribution in [0.25, 0.3) is 33.1 Å². The van der Waals surface area contributed by atoms with E-state index >= 15 is 0 Å². The molecule has 35 heavy (non-hydrogen) atoms. The van der Waals surface area contributed by atoms with Gasteiger partial charge >= 0.3 is 5.97 Å². The molecule has 0 saturated carbocycles. The van der Waals surface area contributed by atoms with Crippen LogP contribution in [0.15, 0.2) is 79.1 Å². The van der Waals surface area contributed by atoms with Gasteiger partial charge < -0.3 is 5.11 Å². The molecule has 174 valence electrons. The largest absolute Gasteiger partial charge is 0.481 e. The Labute approximate surface area is 206 Å². The first-order valence-corrected chi connectivity index (χ1v) is 11.8. The second-order valence-electron chi connectivity index (χ2n) is 8.43. The van der Waals surface area contributed by atoms with E-state index in [-0.39, 0.29) is 12.3 Å². The van der Waals surface area contributed by atoms with Gasteiger partial charge in [-0.2, -0.15) is 0 Å². The molecule has 0 aliphatic carbocycles. The summed E-state index contributed by atoms with van der Waals surface area (Å²) in [5.41, 5.74) is 4.21. The summed E-state index contributed by atoms with van der Waals surface area (Å²) in [7, 11) is 0. The SMILES string of the molecule is O=C(O)CCCCc1nc2cc(C(=O)n3cc4ccccc4c3)ccc2nc1-c1ccc(Cl)cc1. The Balaban J connectivity index is 1.52. The number of hydrogen-bond donors (Lipinski definition) is 1. The minimum Gasteiger partial charge on any atom is -0.481 e.